The maximum atomic E-state index is 5.07. The Morgan fingerprint density at radius 1 is 0.667 bits per heavy atom. The van der Waals surface area contributed by atoms with Crippen molar-refractivity contribution >= 4 is 88.7 Å². The number of hydrogen-bond donors (Lipinski definition) is 0. The van der Waals surface area contributed by atoms with E-state index in [2.05, 4.69) is 0 Å². The van der Waals surface area contributed by atoms with Gasteiger partial charge in [0.25, 0.3) is 0 Å². The molecule has 0 bridgehead atoms. The first-order chi connectivity index (χ1) is 3.00. The zero-order chi connectivity index (χ0) is 4.24. The quantitative estimate of drug-likeness (QED) is 0.421. The van der Waals surface area contributed by atoms with Crippen molar-refractivity contribution in [2.24, 2.45) is 0 Å². The van der Waals surface area contributed by atoms with Gasteiger partial charge in [-0.1, -0.05) is 0 Å². The molecule has 1 saturated heterocycles. The minimum absolute atomic E-state index is 0. The molecule has 0 unspecified atom stereocenters. The van der Waals surface area contributed by atoms with Gasteiger partial charge in [-0.3, -0.25) is 0 Å². The van der Waals surface area contributed by atoms with Crippen LogP contribution in [0.2, 0.25) is 0 Å². The zero-order valence-electron chi connectivity index (χ0n) is 3.94. The van der Waals surface area contributed by atoms with Gasteiger partial charge in [0.05, 0.1) is 0 Å². The SMILES string of the molecule is C1CCOCC1.[NaH].[NaH].[NaH]. The molecule has 0 atom stereocenters. The second-order valence-electron chi connectivity index (χ2n) is 1.67. The van der Waals surface area contributed by atoms with Crippen LogP contribution in [-0.4, -0.2) is 102 Å². The summed E-state index contributed by atoms with van der Waals surface area (Å²) < 4.78 is 5.07. The third-order valence-corrected chi connectivity index (χ3v) is 1.08. The first kappa shape index (κ1) is 17.9. The number of ether oxygens (including phenoxy) is 1. The van der Waals surface area contributed by atoms with Crippen LogP contribution in [0.15, 0.2) is 0 Å². The Morgan fingerprint density at radius 2 is 1.11 bits per heavy atom. The Bertz CT molecular complexity index is 27.7. The van der Waals surface area contributed by atoms with Crippen LogP contribution in [0, 0.1) is 0 Å². The Kier molecular flexibility index (Phi) is 26.9. The predicted molar refractivity (Wildman–Crippen MR) is 46.1 cm³/mol. The van der Waals surface area contributed by atoms with Crippen LogP contribution in [0.3, 0.4) is 0 Å². The summed E-state index contributed by atoms with van der Waals surface area (Å²) >= 11 is 0. The van der Waals surface area contributed by atoms with Gasteiger partial charge in [-0.25, -0.2) is 0 Å². The molecule has 4 heteroatoms. The van der Waals surface area contributed by atoms with E-state index in [1.165, 1.54) is 19.3 Å². The molecule has 0 aromatic heterocycles. The monoisotopic (exact) mass is 158 g/mol. The van der Waals surface area contributed by atoms with Gasteiger partial charge in [0.1, 0.15) is 0 Å². The summed E-state index contributed by atoms with van der Waals surface area (Å²) in [6, 6.07) is 0. The molecule has 0 amide bonds. The third kappa shape index (κ3) is 11.0. The van der Waals surface area contributed by atoms with E-state index in [-0.39, 0.29) is 88.7 Å². The first-order valence-corrected chi connectivity index (χ1v) is 2.58. The normalized spacial score (nSPS) is 16.0. The van der Waals surface area contributed by atoms with Crippen LogP contribution in [0.1, 0.15) is 19.3 Å². The van der Waals surface area contributed by atoms with Crippen molar-refractivity contribution in [3.05, 3.63) is 0 Å². The van der Waals surface area contributed by atoms with E-state index >= 15 is 0 Å². The number of rotatable bonds is 0. The van der Waals surface area contributed by atoms with Gasteiger partial charge in [-0.05, 0) is 19.3 Å². The van der Waals surface area contributed by atoms with E-state index in [0.29, 0.717) is 0 Å². The minimum atomic E-state index is 0. The van der Waals surface area contributed by atoms with E-state index in [4.69, 9.17) is 4.74 Å². The van der Waals surface area contributed by atoms with Crippen LogP contribution < -0.4 is 0 Å². The van der Waals surface area contributed by atoms with Crippen LogP contribution in [0.4, 0.5) is 0 Å². The molecule has 0 aliphatic carbocycles. The second-order valence-corrected chi connectivity index (χ2v) is 1.67. The average molecular weight is 158 g/mol. The van der Waals surface area contributed by atoms with Gasteiger partial charge in [0.15, 0.2) is 0 Å². The van der Waals surface area contributed by atoms with Crippen LogP contribution >= 0.6 is 0 Å². The molecule has 0 saturated carbocycles. The molecule has 0 spiro atoms. The number of hydrogen-bond acceptors (Lipinski definition) is 1. The average Bonchev–Trinajstić information content (AvgIpc) is 1.72. The fourth-order valence-corrected chi connectivity index (χ4v) is 0.687. The van der Waals surface area contributed by atoms with Crippen molar-refractivity contribution in [2.75, 3.05) is 13.2 Å². The molecular formula is C5H13Na3O. The summed E-state index contributed by atoms with van der Waals surface area (Å²) in [7, 11) is 0. The maximum absolute atomic E-state index is 5.07. The van der Waals surface area contributed by atoms with Crippen molar-refractivity contribution in [3.8, 4) is 0 Å². The fraction of sp³-hybridized carbons (Fsp3) is 1.00. The Labute approximate surface area is 124 Å². The van der Waals surface area contributed by atoms with Crippen LogP contribution in [0.5, 0.6) is 0 Å². The molecule has 1 fully saturated rings. The molecule has 1 aliphatic rings. The summed E-state index contributed by atoms with van der Waals surface area (Å²) in [4.78, 5) is 0. The van der Waals surface area contributed by atoms with Crippen LogP contribution in [0.25, 0.3) is 0 Å². The van der Waals surface area contributed by atoms with Gasteiger partial charge in [0.2, 0.25) is 0 Å². The Balaban J connectivity index is -0.000000120. The second kappa shape index (κ2) is 13.5. The standard InChI is InChI=1S/C5H10O.3Na.3H/c1-2-4-6-5-3-1;;;;;;/h1-5H2;;;;;;. The molecule has 1 aliphatic heterocycles. The van der Waals surface area contributed by atoms with Crippen molar-refractivity contribution < 1.29 is 4.74 Å². The van der Waals surface area contributed by atoms with Crippen molar-refractivity contribution in [1.82, 2.24) is 0 Å². The summed E-state index contributed by atoms with van der Waals surface area (Å²) in [6.45, 7) is 2.00. The molecule has 42 valence electrons. The summed E-state index contributed by atoms with van der Waals surface area (Å²) in [6.07, 6.45) is 3.93. The first-order valence-electron chi connectivity index (χ1n) is 2.58. The van der Waals surface area contributed by atoms with Crippen LogP contribution in [-0.2, 0) is 4.74 Å². The molecule has 9 heavy (non-hydrogen) atoms. The molecule has 0 radical (unpaired) electrons. The third-order valence-electron chi connectivity index (χ3n) is 1.08. The van der Waals surface area contributed by atoms with Crippen molar-refractivity contribution in [1.29, 1.82) is 0 Å². The molecular weight excluding hydrogens is 145 g/mol. The summed E-state index contributed by atoms with van der Waals surface area (Å²) in [5.74, 6) is 0. The molecule has 0 aromatic rings. The van der Waals surface area contributed by atoms with Gasteiger partial charge >= 0.3 is 88.7 Å². The van der Waals surface area contributed by atoms with E-state index < -0.39 is 0 Å². The van der Waals surface area contributed by atoms with Crippen molar-refractivity contribution in [3.63, 3.8) is 0 Å². The Morgan fingerprint density at radius 3 is 1.22 bits per heavy atom. The molecule has 0 N–H and O–H groups in total. The van der Waals surface area contributed by atoms with E-state index in [9.17, 15) is 0 Å². The Hall–Kier alpha value is 2.96. The molecule has 1 nitrogen and oxygen atoms in total. The van der Waals surface area contributed by atoms with Gasteiger partial charge < -0.3 is 4.74 Å². The zero-order valence-corrected chi connectivity index (χ0v) is 3.94. The van der Waals surface area contributed by atoms with Gasteiger partial charge in [0, 0.05) is 13.2 Å². The topological polar surface area (TPSA) is 9.23 Å². The van der Waals surface area contributed by atoms with E-state index in [0.717, 1.165) is 13.2 Å². The molecule has 0 aromatic carbocycles. The summed E-state index contributed by atoms with van der Waals surface area (Å²) in [5.41, 5.74) is 0. The summed E-state index contributed by atoms with van der Waals surface area (Å²) in [5, 5.41) is 0. The predicted octanol–water partition coefficient (Wildman–Crippen LogP) is -0.759. The van der Waals surface area contributed by atoms with E-state index in [1.54, 1.807) is 0 Å². The van der Waals surface area contributed by atoms with Gasteiger partial charge in [-0.15, -0.1) is 0 Å². The molecule has 1 heterocycles. The fourth-order valence-electron chi connectivity index (χ4n) is 0.687. The van der Waals surface area contributed by atoms with E-state index in [1.807, 2.05) is 0 Å². The van der Waals surface area contributed by atoms with Crippen molar-refractivity contribution in [2.45, 2.75) is 19.3 Å². The molecule has 1 rings (SSSR count). The van der Waals surface area contributed by atoms with Gasteiger partial charge in [-0.2, -0.15) is 0 Å².